The van der Waals surface area contributed by atoms with Gasteiger partial charge in [-0.25, -0.2) is 4.98 Å². The van der Waals surface area contributed by atoms with Gasteiger partial charge in [-0.3, -0.25) is 9.89 Å². The number of H-pyrrole nitrogens is 1. The number of nitrogens with one attached hydrogen (secondary N) is 2. The molecule has 3 aromatic rings. The van der Waals surface area contributed by atoms with E-state index >= 15 is 0 Å². The van der Waals surface area contributed by atoms with E-state index in [9.17, 15) is 4.79 Å². The lowest BCUT2D eigenvalue weighted by atomic mass is 9.93. The Kier molecular flexibility index (Phi) is 6.35. The number of methoxy groups -OCH3 is 2. The fourth-order valence-electron chi connectivity index (χ4n) is 3.77. The summed E-state index contributed by atoms with van der Waals surface area (Å²) in [7, 11) is 3.20. The highest BCUT2D eigenvalue weighted by atomic mass is 16.5. The predicted molar refractivity (Wildman–Crippen MR) is 116 cm³/mol. The smallest absolute Gasteiger partial charge is 0.269 e. The van der Waals surface area contributed by atoms with Crippen LogP contribution in [0.3, 0.4) is 0 Å². The van der Waals surface area contributed by atoms with E-state index in [-0.39, 0.29) is 18.1 Å². The van der Waals surface area contributed by atoms with Gasteiger partial charge in [-0.05, 0) is 56.0 Å². The number of benzene rings is 1. The van der Waals surface area contributed by atoms with Gasteiger partial charge in [0.25, 0.3) is 5.91 Å². The number of carbonyl (C=O) groups is 1. The molecule has 0 unspecified atom stereocenters. The molecule has 0 aliphatic heterocycles. The van der Waals surface area contributed by atoms with Crippen molar-refractivity contribution in [2.45, 2.75) is 37.8 Å². The number of hydrogen-bond donors (Lipinski definition) is 2. The van der Waals surface area contributed by atoms with Gasteiger partial charge in [-0.2, -0.15) is 5.10 Å². The van der Waals surface area contributed by atoms with Gasteiger partial charge in [0.2, 0.25) is 5.88 Å². The van der Waals surface area contributed by atoms with E-state index in [0.717, 1.165) is 31.2 Å². The molecule has 4 rings (SSSR count). The van der Waals surface area contributed by atoms with Gasteiger partial charge >= 0.3 is 0 Å². The zero-order chi connectivity index (χ0) is 21.6. The molecule has 1 fully saturated rings. The number of pyridine rings is 1. The number of nitrogens with zero attached hydrogens (tertiary/aromatic N) is 2. The topological polar surface area (TPSA) is 98.4 Å². The summed E-state index contributed by atoms with van der Waals surface area (Å²) >= 11 is 0. The van der Waals surface area contributed by atoms with Gasteiger partial charge in [-0.1, -0.05) is 6.07 Å². The molecular formula is C23H26N4O4. The van der Waals surface area contributed by atoms with E-state index in [4.69, 9.17) is 14.2 Å². The van der Waals surface area contributed by atoms with Crippen LogP contribution in [0.5, 0.6) is 17.4 Å². The number of carbonyl (C=O) groups excluding carboxylic acids is 1. The second-order valence-corrected chi connectivity index (χ2v) is 7.47. The summed E-state index contributed by atoms with van der Waals surface area (Å²) in [6, 6.07) is 12.9. The highest BCUT2D eigenvalue weighted by Gasteiger charge is 2.25. The van der Waals surface area contributed by atoms with Crippen LogP contribution in [-0.4, -0.2) is 47.5 Å². The Morgan fingerprint density at radius 3 is 2.61 bits per heavy atom. The summed E-state index contributed by atoms with van der Waals surface area (Å²) in [5.74, 6) is 1.82. The second kappa shape index (κ2) is 9.51. The molecule has 0 radical (unpaired) electrons. The first kappa shape index (κ1) is 20.7. The average molecular weight is 422 g/mol. The van der Waals surface area contributed by atoms with E-state index in [1.807, 2.05) is 36.4 Å². The lowest BCUT2D eigenvalue weighted by Gasteiger charge is -2.29. The van der Waals surface area contributed by atoms with Crippen molar-refractivity contribution < 1.29 is 19.0 Å². The molecule has 1 saturated carbocycles. The molecule has 1 amide bonds. The van der Waals surface area contributed by atoms with Crippen molar-refractivity contribution in [3.8, 4) is 28.6 Å². The van der Waals surface area contributed by atoms with Crippen LogP contribution in [0.15, 0.2) is 48.7 Å². The third-order valence-corrected chi connectivity index (χ3v) is 5.44. The fourth-order valence-corrected chi connectivity index (χ4v) is 3.77. The zero-order valence-corrected chi connectivity index (χ0v) is 17.6. The van der Waals surface area contributed by atoms with E-state index in [1.54, 1.807) is 26.5 Å². The minimum atomic E-state index is -0.172. The summed E-state index contributed by atoms with van der Waals surface area (Å²) in [5, 5.41) is 10.2. The first-order valence-electron chi connectivity index (χ1n) is 10.3. The molecule has 1 aromatic carbocycles. The molecule has 162 valence electrons. The molecule has 0 saturated heterocycles. The Bertz CT molecular complexity index is 1010. The molecule has 1 aliphatic rings. The maximum atomic E-state index is 12.7. The quantitative estimate of drug-likeness (QED) is 0.604. The monoisotopic (exact) mass is 422 g/mol. The Hall–Kier alpha value is -3.55. The Labute approximate surface area is 180 Å². The third-order valence-electron chi connectivity index (χ3n) is 5.44. The largest absolute Gasteiger partial charge is 0.497 e. The first-order valence-corrected chi connectivity index (χ1v) is 10.3. The molecule has 2 aromatic heterocycles. The van der Waals surface area contributed by atoms with E-state index in [1.165, 1.54) is 0 Å². The van der Waals surface area contributed by atoms with Gasteiger partial charge in [-0.15, -0.1) is 0 Å². The lowest BCUT2D eigenvalue weighted by Crippen LogP contribution is -2.39. The summed E-state index contributed by atoms with van der Waals surface area (Å²) in [6.45, 7) is 0. The van der Waals surface area contributed by atoms with E-state index < -0.39 is 0 Å². The maximum Gasteiger partial charge on any atom is 0.269 e. The molecule has 2 N–H and O–H groups in total. The molecule has 0 atom stereocenters. The van der Waals surface area contributed by atoms with Gasteiger partial charge in [0.05, 0.1) is 19.9 Å². The normalized spacial score (nSPS) is 18.3. The van der Waals surface area contributed by atoms with Crippen molar-refractivity contribution in [1.82, 2.24) is 20.5 Å². The minimum Gasteiger partial charge on any atom is -0.497 e. The van der Waals surface area contributed by atoms with Crippen LogP contribution in [0.4, 0.5) is 0 Å². The molecule has 0 bridgehead atoms. The molecule has 2 heterocycles. The van der Waals surface area contributed by atoms with Crippen LogP contribution >= 0.6 is 0 Å². The van der Waals surface area contributed by atoms with Gasteiger partial charge in [0.15, 0.2) is 0 Å². The molecular weight excluding hydrogens is 396 g/mol. The standard InChI is InChI=1S/C23H26N4O4/c1-29-17-10-11-21(30-2)18(13-17)19-14-20(27-26-19)23(28)25-15-6-8-16(9-7-15)31-22-5-3-4-12-24-22/h3-5,10-16H,6-9H2,1-2H3,(H,25,28)(H,26,27). The number of rotatable bonds is 7. The van der Waals surface area contributed by atoms with Crippen molar-refractivity contribution in [3.63, 3.8) is 0 Å². The van der Waals surface area contributed by atoms with Crippen molar-refractivity contribution in [2.24, 2.45) is 0 Å². The Morgan fingerprint density at radius 1 is 1.06 bits per heavy atom. The molecule has 31 heavy (non-hydrogen) atoms. The molecule has 8 heteroatoms. The van der Waals surface area contributed by atoms with Gasteiger partial charge < -0.3 is 19.5 Å². The molecule has 8 nitrogen and oxygen atoms in total. The number of aromatic amines is 1. The predicted octanol–water partition coefficient (Wildman–Crippen LogP) is 3.61. The lowest BCUT2D eigenvalue weighted by molar-refractivity contribution is 0.0885. The van der Waals surface area contributed by atoms with Gasteiger partial charge in [0.1, 0.15) is 23.3 Å². The summed E-state index contributed by atoms with van der Waals surface area (Å²) in [6.07, 6.45) is 5.30. The SMILES string of the molecule is COc1ccc(OC)c(-c2cc(C(=O)NC3CCC(Oc4ccccn4)CC3)[nH]n2)c1. The highest BCUT2D eigenvalue weighted by molar-refractivity contribution is 5.93. The number of hydrogen-bond acceptors (Lipinski definition) is 6. The van der Waals surface area contributed by atoms with Crippen molar-refractivity contribution in [3.05, 3.63) is 54.4 Å². The summed E-state index contributed by atoms with van der Waals surface area (Å²) < 4.78 is 16.6. The van der Waals surface area contributed by atoms with E-state index in [0.29, 0.717) is 28.8 Å². The zero-order valence-electron chi connectivity index (χ0n) is 17.6. The summed E-state index contributed by atoms with van der Waals surface area (Å²) in [4.78, 5) is 16.9. The second-order valence-electron chi connectivity index (χ2n) is 7.47. The van der Waals surface area contributed by atoms with Gasteiger partial charge in [0, 0.05) is 23.9 Å². The van der Waals surface area contributed by atoms with Crippen LogP contribution in [-0.2, 0) is 0 Å². The maximum absolute atomic E-state index is 12.7. The number of aromatic nitrogens is 3. The first-order chi connectivity index (χ1) is 15.2. The van der Waals surface area contributed by atoms with Crippen LogP contribution in [0.2, 0.25) is 0 Å². The average Bonchev–Trinajstić information content (AvgIpc) is 3.31. The van der Waals surface area contributed by atoms with Crippen LogP contribution in [0.25, 0.3) is 11.3 Å². The number of amides is 1. The number of ether oxygens (including phenoxy) is 3. The van der Waals surface area contributed by atoms with E-state index in [2.05, 4.69) is 20.5 Å². The van der Waals surface area contributed by atoms with Crippen LogP contribution < -0.4 is 19.5 Å². The van der Waals surface area contributed by atoms with Crippen LogP contribution in [0, 0.1) is 0 Å². The Balaban J connectivity index is 1.35. The third kappa shape index (κ3) is 4.96. The molecule has 0 spiro atoms. The van der Waals surface area contributed by atoms with Crippen molar-refractivity contribution in [2.75, 3.05) is 14.2 Å². The van der Waals surface area contributed by atoms with Crippen LogP contribution in [0.1, 0.15) is 36.2 Å². The fraction of sp³-hybridized carbons (Fsp3) is 0.348. The van der Waals surface area contributed by atoms with Crippen molar-refractivity contribution in [1.29, 1.82) is 0 Å². The van der Waals surface area contributed by atoms with Crippen molar-refractivity contribution >= 4 is 5.91 Å². The highest BCUT2D eigenvalue weighted by Crippen LogP contribution is 2.32. The Morgan fingerprint density at radius 2 is 1.90 bits per heavy atom. The summed E-state index contributed by atoms with van der Waals surface area (Å²) in [5.41, 5.74) is 1.78. The minimum absolute atomic E-state index is 0.106. The molecule has 1 aliphatic carbocycles.